The van der Waals surface area contributed by atoms with Crippen molar-refractivity contribution in [2.45, 2.75) is 58.4 Å². The molecule has 1 aromatic heterocycles. The molecule has 33 heavy (non-hydrogen) atoms. The minimum atomic E-state index is -0.0682. The minimum absolute atomic E-state index is 0.0223. The molecule has 7 heteroatoms. The molecule has 4 rings (SSSR count). The van der Waals surface area contributed by atoms with Gasteiger partial charge in [0.2, 0.25) is 5.91 Å². The van der Waals surface area contributed by atoms with Gasteiger partial charge in [-0.2, -0.15) is 0 Å². The third-order valence-corrected chi connectivity index (χ3v) is 8.10. The number of esters is 1. The molecule has 6 nitrogen and oxygen atoms in total. The predicted molar refractivity (Wildman–Crippen MR) is 130 cm³/mol. The monoisotopic (exact) mass is 471 g/mol. The molecule has 0 spiro atoms. The van der Waals surface area contributed by atoms with E-state index in [0.29, 0.717) is 6.61 Å². The first kappa shape index (κ1) is 23.8. The van der Waals surface area contributed by atoms with Gasteiger partial charge in [-0.05, 0) is 50.3 Å². The van der Waals surface area contributed by atoms with Gasteiger partial charge in [0.25, 0.3) is 0 Å². The van der Waals surface area contributed by atoms with Crippen LogP contribution in [0.2, 0.25) is 0 Å². The highest BCUT2D eigenvalue weighted by molar-refractivity contribution is 7.16. The van der Waals surface area contributed by atoms with Crippen molar-refractivity contribution in [3.63, 3.8) is 0 Å². The van der Waals surface area contributed by atoms with E-state index in [1.165, 1.54) is 39.3 Å². The highest BCUT2D eigenvalue weighted by Gasteiger charge is 2.38. The largest absolute Gasteiger partial charge is 0.497 e. The Labute approximate surface area is 200 Å². The van der Waals surface area contributed by atoms with Gasteiger partial charge in [-0.15, -0.1) is 11.3 Å². The zero-order valence-corrected chi connectivity index (χ0v) is 20.7. The molecule has 0 radical (unpaired) electrons. The molecule has 2 N–H and O–H groups in total. The number of likely N-dealkylation sites (tertiary alicyclic amines) is 1. The number of hydrogen-bond donors (Lipinski definition) is 2. The molecule has 2 heterocycles. The number of aryl methyl sites for hydroxylation is 1. The van der Waals surface area contributed by atoms with Gasteiger partial charge in [-0.25, -0.2) is 0 Å². The van der Waals surface area contributed by atoms with E-state index >= 15 is 0 Å². The number of ether oxygens (including phenoxy) is 2. The van der Waals surface area contributed by atoms with E-state index in [4.69, 9.17) is 9.47 Å². The summed E-state index contributed by atoms with van der Waals surface area (Å²) in [4.78, 5) is 27.3. The van der Waals surface area contributed by atoms with E-state index in [2.05, 4.69) is 17.4 Å². The fraction of sp³-hybridized carbons (Fsp3) is 0.538. The first-order valence-corrected chi connectivity index (χ1v) is 12.9. The summed E-state index contributed by atoms with van der Waals surface area (Å²) in [6.45, 7) is 5.64. The summed E-state index contributed by atoms with van der Waals surface area (Å²) in [7, 11) is 1.70. The Hall–Kier alpha value is -2.38. The molecule has 1 fully saturated rings. The van der Waals surface area contributed by atoms with E-state index in [-0.39, 0.29) is 23.8 Å². The molecular formula is C26H35N2O4S+. The van der Waals surface area contributed by atoms with Crippen LogP contribution in [0.25, 0.3) is 0 Å². The number of carbonyl (C=O) groups is 2. The summed E-state index contributed by atoms with van der Waals surface area (Å²) in [5.74, 6) is 0.714. The number of nitrogens with one attached hydrogen (secondary N) is 2. The lowest BCUT2D eigenvalue weighted by Crippen LogP contribution is -3.13. The second-order valence-corrected chi connectivity index (χ2v) is 10.1. The molecule has 2 aliphatic rings. The number of thiophene rings is 1. The third-order valence-electron chi connectivity index (χ3n) is 6.87. The number of hydrogen-bond acceptors (Lipinski definition) is 5. The van der Waals surface area contributed by atoms with Crippen molar-refractivity contribution in [2.24, 2.45) is 5.92 Å². The van der Waals surface area contributed by atoms with E-state index in [1.54, 1.807) is 25.4 Å². The number of methoxy groups -OCH3 is 1. The number of fused-ring (bicyclic) bond motifs is 1. The molecule has 1 amide bonds. The van der Waals surface area contributed by atoms with Crippen LogP contribution < -0.4 is 15.0 Å². The van der Waals surface area contributed by atoms with Gasteiger partial charge in [-0.1, -0.05) is 12.1 Å². The summed E-state index contributed by atoms with van der Waals surface area (Å²) in [5, 5.41) is 4.14. The van der Waals surface area contributed by atoms with Crippen molar-refractivity contribution in [3.05, 3.63) is 45.8 Å². The summed E-state index contributed by atoms with van der Waals surface area (Å²) < 4.78 is 10.8. The lowest BCUT2D eigenvalue weighted by molar-refractivity contribution is -0.931. The average Bonchev–Trinajstić information content (AvgIpc) is 3.17. The van der Waals surface area contributed by atoms with Crippen LogP contribution >= 0.6 is 11.3 Å². The summed E-state index contributed by atoms with van der Waals surface area (Å²) >= 11 is 1.75. The number of amides is 1. The fourth-order valence-corrected chi connectivity index (χ4v) is 6.72. The van der Waals surface area contributed by atoms with E-state index < -0.39 is 0 Å². The standard InChI is InChI=1S/C26H34N2O4S/c1-4-32-26(30)18-12-14-28(15-13-18)24(19-8-7-9-20(16-19)31-3)23-21-10-5-6-11-22(21)33-25(23)27-17(2)29/h7-9,16,18,24H,4-6,10-15H2,1-3H3,(H,27,29)/p+1. The number of benzene rings is 1. The minimum Gasteiger partial charge on any atom is -0.497 e. The maximum Gasteiger partial charge on any atom is 0.309 e. The van der Waals surface area contributed by atoms with Crippen molar-refractivity contribution in [1.82, 2.24) is 0 Å². The number of carbonyl (C=O) groups excluding carboxylic acids is 2. The summed E-state index contributed by atoms with van der Waals surface area (Å²) in [5.41, 5.74) is 3.88. The molecule has 0 bridgehead atoms. The molecule has 1 unspecified atom stereocenters. The van der Waals surface area contributed by atoms with Crippen molar-refractivity contribution >= 4 is 28.2 Å². The normalized spacial score (nSPS) is 21.1. The van der Waals surface area contributed by atoms with Gasteiger partial charge < -0.3 is 19.7 Å². The van der Waals surface area contributed by atoms with E-state index in [9.17, 15) is 9.59 Å². The Morgan fingerprint density at radius 3 is 2.67 bits per heavy atom. The number of quaternary nitrogens is 1. The number of anilines is 1. The quantitative estimate of drug-likeness (QED) is 0.606. The van der Waals surface area contributed by atoms with Gasteiger partial charge in [0, 0.05) is 30.2 Å². The Morgan fingerprint density at radius 2 is 1.97 bits per heavy atom. The lowest BCUT2D eigenvalue weighted by atomic mass is 9.87. The third kappa shape index (κ3) is 5.25. The Balaban J connectivity index is 1.74. The highest BCUT2D eigenvalue weighted by atomic mass is 32.1. The molecule has 1 aliphatic heterocycles. The molecule has 1 aliphatic carbocycles. The maximum atomic E-state index is 12.3. The van der Waals surface area contributed by atoms with Gasteiger partial charge in [0.15, 0.2) is 0 Å². The zero-order valence-electron chi connectivity index (χ0n) is 19.9. The Morgan fingerprint density at radius 1 is 1.21 bits per heavy atom. The van der Waals surface area contributed by atoms with Crippen molar-refractivity contribution < 1.29 is 24.0 Å². The SMILES string of the molecule is CCOC(=O)C1CC[NH+](C(c2cccc(OC)c2)c2c(NC(C)=O)sc3c2CCCC3)CC1. The molecule has 1 atom stereocenters. The molecule has 1 saturated heterocycles. The van der Waals surface area contributed by atoms with Crippen LogP contribution in [0.3, 0.4) is 0 Å². The van der Waals surface area contributed by atoms with Gasteiger partial charge in [-0.3, -0.25) is 9.59 Å². The lowest BCUT2D eigenvalue weighted by Gasteiger charge is -2.35. The molecular weight excluding hydrogens is 436 g/mol. The summed E-state index contributed by atoms with van der Waals surface area (Å²) in [6.07, 6.45) is 6.15. The maximum absolute atomic E-state index is 12.3. The van der Waals surface area contributed by atoms with E-state index in [1.807, 2.05) is 19.1 Å². The smallest absolute Gasteiger partial charge is 0.309 e. The van der Waals surface area contributed by atoms with Crippen LogP contribution in [0.1, 0.15) is 67.1 Å². The highest BCUT2D eigenvalue weighted by Crippen LogP contribution is 2.43. The molecule has 0 saturated carbocycles. The van der Waals surface area contributed by atoms with Crippen LogP contribution in [-0.4, -0.2) is 38.7 Å². The zero-order chi connectivity index (χ0) is 23.4. The molecule has 178 valence electrons. The fourth-order valence-electron chi connectivity index (χ4n) is 5.35. The molecule has 1 aromatic carbocycles. The first-order valence-electron chi connectivity index (χ1n) is 12.1. The van der Waals surface area contributed by atoms with Crippen molar-refractivity contribution in [2.75, 3.05) is 32.1 Å². The van der Waals surface area contributed by atoms with Gasteiger partial charge in [0.05, 0.1) is 38.3 Å². The summed E-state index contributed by atoms with van der Waals surface area (Å²) in [6, 6.07) is 8.40. The second-order valence-electron chi connectivity index (χ2n) is 9.03. The van der Waals surface area contributed by atoms with E-state index in [0.717, 1.165) is 49.5 Å². The average molecular weight is 472 g/mol. The predicted octanol–water partition coefficient (Wildman–Crippen LogP) is 3.54. The number of rotatable bonds is 7. The second kappa shape index (κ2) is 10.7. The van der Waals surface area contributed by atoms with Crippen LogP contribution in [0.15, 0.2) is 24.3 Å². The van der Waals surface area contributed by atoms with Crippen LogP contribution in [0, 0.1) is 5.92 Å². The van der Waals surface area contributed by atoms with Crippen molar-refractivity contribution in [3.8, 4) is 5.75 Å². The van der Waals surface area contributed by atoms with Crippen LogP contribution in [0.5, 0.6) is 5.75 Å². The van der Waals surface area contributed by atoms with Crippen LogP contribution in [0.4, 0.5) is 5.00 Å². The Bertz CT molecular complexity index is 994. The Kier molecular flexibility index (Phi) is 7.71. The van der Waals surface area contributed by atoms with Gasteiger partial charge >= 0.3 is 5.97 Å². The van der Waals surface area contributed by atoms with Crippen LogP contribution in [-0.2, 0) is 27.2 Å². The number of piperidine rings is 1. The molecule has 2 aromatic rings. The van der Waals surface area contributed by atoms with Gasteiger partial charge in [0.1, 0.15) is 16.8 Å². The van der Waals surface area contributed by atoms with Crippen molar-refractivity contribution in [1.29, 1.82) is 0 Å². The topological polar surface area (TPSA) is 69.1 Å². The first-order chi connectivity index (χ1) is 16.0.